The number of carbonyl (C=O) groups is 5. The second-order valence-electron chi connectivity index (χ2n) is 8.68. The number of benzene rings is 2. The number of H-pyrrole nitrogens is 1. The highest BCUT2D eigenvalue weighted by molar-refractivity contribution is 8.00. The standard InChI is InChI=1S/C25H22N6O7S/c26-25(37)38-10-13-11-39-23-17(22(34)31(23)18(13)24(35)36)30-20(32)16(12-6-2-1-3-7-12)29-21(33)19-27-14-8-4-5-9-15(14)28-19/h1-9,16-17,23H,10-11H2,(H2,26,37)(H,27,28)(H,29,33)(H,30,32)(H,35,36)/t16?,17?,23-/m0/s1. The predicted octanol–water partition coefficient (Wildman–Crippen LogP) is 0.868. The van der Waals surface area contributed by atoms with Crippen LogP contribution in [0.2, 0.25) is 0 Å². The molecule has 0 aliphatic carbocycles. The molecule has 0 spiro atoms. The van der Waals surface area contributed by atoms with Crippen molar-refractivity contribution in [2.75, 3.05) is 12.4 Å². The summed E-state index contributed by atoms with van der Waals surface area (Å²) in [6.45, 7) is -0.374. The van der Waals surface area contributed by atoms with Gasteiger partial charge in [0.15, 0.2) is 5.82 Å². The van der Waals surface area contributed by atoms with Crippen molar-refractivity contribution in [3.8, 4) is 0 Å². The number of aliphatic carboxylic acids is 1. The number of carbonyl (C=O) groups excluding carboxylic acids is 4. The van der Waals surface area contributed by atoms with Crippen LogP contribution in [0.5, 0.6) is 0 Å². The van der Waals surface area contributed by atoms with Crippen molar-refractivity contribution in [3.05, 3.63) is 77.3 Å². The number of rotatable bonds is 8. The maximum Gasteiger partial charge on any atom is 0.404 e. The largest absolute Gasteiger partial charge is 0.477 e. The number of hydrogen-bond donors (Lipinski definition) is 5. The monoisotopic (exact) mass is 550 g/mol. The van der Waals surface area contributed by atoms with Gasteiger partial charge in [-0.25, -0.2) is 14.6 Å². The zero-order chi connectivity index (χ0) is 27.7. The van der Waals surface area contributed by atoms with Crippen molar-refractivity contribution in [2.24, 2.45) is 5.73 Å². The first-order valence-corrected chi connectivity index (χ1v) is 12.7. The first kappa shape index (κ1) is 25.8. The van der Waals surface area contributed by atoms with E-state index in [0.717, 1.165) is 4.90 Å². The molecule has 4 amide bonds. The van der Waals surface area contributed by atoms with Crippen LogP contribution in [0.15, 0.2) is 65.9 Å². The smallest absolute Gasteiger partial charge is 0.404 e. The molecule has 6 N–H and O–H groups in total. The van der Waals surface area contributed by atoms with Gasteiger partial charge in [0.1, 0.15) is 29.8 Å². The highest BCUT2D eigenvalue weighted by Crippen LogP contribution is 2.40. The minimum Gasteiger partial charge on any atom is -0.477 e. The molecule has 2 aliphatic rings. The molecule has 0 radical (unpaired) electrons. The van der Waals surface area contributed by atoms with E-state index >= 15 is 0 Å². The molecule has 3 aromatic rings. The number of ether oxygens (including phenoxy) is 1. The number of carboxylic acids is 1. The summed E-state index contributed by atoms with van der Waals surface area (Å²) in [6.07, 6.45) is -1.07. The Labute approximate surface area is 224 Å². The van der Waals surface area contributed by atoms with E-state index in [9.17, 15) is 29.1 Å². The minimum absolute atomic E-state index is 0.0145. The summed E-state index contributed by atoms with van der Waals surface area (Å²) >= 11 is 1.20. The fraction of sp³-hybridized carbons (Fsp3) is 0.200. The van der Waals surface area contributed by atoms with Crippen LogP contribution in [0.25, 0.3) is 11.0 Å². The number of aromatic amines is 1. The molecular formula is C25H22N6O7S. The Kier molecular flexibility index (Phi) is 6.94. The van der Waals surface area contributed by atoms with Crippen LogP contribution >= 0.6 is 11.8 Å². The second kappa shape index (κ2) is 10.5. The molecule has 0 saturated carbocycles. The van der Waals surface area contributed by atoms with E-state index in [0.29, 0.717) is 16.6 Å². The topological polar surface area (TPSA) is 197 Å². The van der Waals surface area contributed by atoms with Crippen molar-refractivity contribution in [3.63, 3.8) is 0 Å². The third-order valence-corrected chi connectivity index (χ3v) is 7.55. The van der Waals surface area contributed by atoms with Crippen LogP contribution in [0.3, 0.4) is 0 Å². The molecule has 2 aromatic carbocycles. The van der Waals surface area contributed by atoms with E-state index in [1.54, 1.807) is 54.6 Å². The van der Waals surface area contributed by atoms with Crippen molar-refractivity contribution in [1.29, 1.82) is 0 Å². The molecule has 3 heterocycles. The fourth-order valence-electron chi connectivity index (χ4n) is 4.39. The Morgan fingerprint density at radius 3 is 2.56 bits per heavy atom. The van der Waals surface area contributed by atoms with Crippen LogP contribution in [0.1, 0.15) is 22.2 Å². The molecule has 13 nitrogen and oxygen atoms in total. The number of imidazole rings is 1. The van der Waals surface area contributed by atoms with Crippen molar-refractivity contribution < 1.29 is 33.8 Å². The SMILES string of the molecule is NC(=O)OCC1=C(C(=O)O)N2C(=O)C(NC(=O)C(NC(=O)c3nc4ccccc4[nH]3)c3ccccc3)[C@@H]2SC1. The van der Waals surface area contributed by atoms with Gasteiger partial charge >= 0.3 is 12.1 Å². The lowest BCUT2D eigenvalue weighted by Gasteiger charge is -2.49. The third kappa shape index (κ3) is 5.01. The number of β-lactam (4-membered cyclic amide) rings is 1. The maximum absolute atomic E-state index is 13.4. The van der Waals surface area contributed by atoms with E-state index in [-0.39, 0.29) is 29.5 Å². The van der Waals surface area contributed by atoms with Gasteiger partial charge < -0.3 is 31.2 Å². The van der Waals surface area contributed by atoms with Crippen molar-refractivity contribution >= 4 is 52.6 Å². The third-order valence-electron chi connectivity index (χ3n) is 6.21. The lowest BCUT2D eigenvalue weighted by atomic mass is 10.0. The Morgan fingerprint density at radius 2 is 1.87 bits per heavy atom. The molecule has 2 aliphatic heterocycles. The number of nitrogens with two attached hydrogens (primary N) is 1. The number of carboxylic acid groups (broad SMARTS) is 1. The normalized spacial score (nSPS) is 19.1. The molecule has 39 heavy (non-hydrogen) atoms. The molecule has 14 heteroatoms. The Hall–Kier alpha value is -4.85. The molecular weight excluding hydrogens is 528 g/mol. The van der Waals surface area contributed by atoms with Gasteiger partial charge in [-0.15, -0.1) is 11.8 Å². The summed E-state index contributed by atoms with van der Waals surface area (Å²) in [6, 6.07) is 13.4. The fourth-order valence-corrected chi connectivity index (χ4v) is 5.72. The Balaban J connectivity index is 1.34. The van der Waals surface area contributed by atoms with Crippen LogP contribution in [0, 0.1) is 0 Å². The lowest BCUT2D eigenvalue weighted by molar-refractivity contribution is -0.151. The van der Waals surface area contributed by atoms with Gasteiger partial charge in [-0.2, -0.15) is 0 Å². The highest BCUT2D eigenvalue weighted by Gasteiger charge is 2.54. The number of amides is 4. The molecule has 0 bridgehead atoms. The predicted molar refractivity (Wildman–Crippen MR) is 138 cm³/mol. The number of thioether (sulfide) groups is 1. The summed E-state index contributed by atoms with van der Waals surface area (Å²) in [5, 5.41) is 14.3. The molecule has 3 atom stereocenters. The van der Waals surface area contributed by atoms with Gasteiger partial charge in [-0.1, -0.05) is 42.5 Å². The Morgan fingerprint density at radius 1 is 1.15 bits per heavy atom. The van der Waals surface area contributed by atoms with Gasteiger partial charge in [0.05, 0.1) is 11.0 Å². The summed E-state index contributed by atoms with van der Waals surface area (Å²) < 4.78 is 4.72. The molecule has 5 rings (SSSR count). The molecule has 1 fully saturated rings. The van der Waals surface area contributed by atoms with Crippen LogP contribution in [-0.2, 0) is 19.1 Å². The molecule has 1 aromatic heterocycles. The summed E-state index contributed by atoms with van der Waals surface area (Å²) in [7, 11) is 0. The van der Waals surface area contributed by atoms with Crippen molar-refractivity contribution in [2.45, 2.75) is 17.5 Å². The number of fused-ring (bicyclic) bond motifs is 2. The highest BCUT2D eigenvalue weighted by atomic mass is 32.2. The summed E-state index contributed by atoms with van der Waals surface area (Å²) in [5.41, 5.74) is 6.58. The van der Waals surface area contributed by atoms with Crippen LogP contribution in [0.4, 0.5) is 4.79 Å². The molecule has 2 unspecified atom stereocenters. The number of primary amides is 1. The zero-order valence-corrected chi connectivity index (χ0v) is 20.9. The quantitative estimate of drug-likeness (QED) is 0.253. The zero-order valence-electron chi connectivity index (χ0n) is 20.1. The summed E-state index contributed by atoms with van der Waals surface area (Å²) in [5.74, 6) is -3.15. The van der Waals surface area contributed by atoms with E-state index in [2.05, 4.69) is 20.6 Å². The average molecular weight is 551 g/mol. The van der Waals surface area contributed by atoms with Gasteiger partial charge in [0.25, 0.3) is 11.8 Å². The van der Waals surface area contributed by atoms with Crippen LogP contribution in [-0.4, -0.2) is 73.5 Å². The average Bonchev–Trinajstić information content (AvgIpc) is 3.37. The van der Waals surface area contributed by atoms with Gasteiger partial charge in [0, 0.05) is 11.3 Å². The molecule has 1 saturated heterocycles. The van der Waals surface area contributed by atoms with Gasteiger partial charge in [-0.05, 0) is 17.7 Å². The minimum atomic E-state index is -1.37. The second-order valence-corrected chi connectivity index (χ2v) is 9.79. The number of nitrogens with zero attached hydrogens (tertiary/aromatic N) is 2. The Bertz CT molecular complexity index is 1490. The van der Waals surface area contributed by atoms with Crippen LogP contribution < -0.4 is 16.4 Å². The lowest BCUT2D eigenvalue weighted by Crippen LogP contribution is -2.71. The number of nitrogens with one attached hydrogen (secondary N) is 3. The maximum atomic E-state index is 13.4. The first-order valence-electron chi connectivity index (χ1n) is 11.7. The van der Waals surface area contributed by atoms with E-state index in [4.69, 9.17) is 10.5 Å². The number of hydrogen-bond acceptors (Lipinski definition) is 8. The molecule has 200 valence electrons. The summed E-state index contributed by atoms with van der Waals surface area (Å²) in [4.78, 5) is 70.6. The van der Waals surface area contributed by atoms with Crippen molar-refractivity contribution in [1.82, 2.24) is 25.5 Å². The van der Waals surface area contributed by atoms with E-state index < -0.39 is 47.2 Å². The number of para-hydroxylation sites is 2. The first-order chi connectivity index (χ1) is 18.7. The van der Waals surface area contributed by atoms with Gasteiger partial charge in [-0.3, -0.25) is 19.3 Å². The number of aromatic nitrogens is 2. The van der Waals surface area contributed by atoms with Gasteiger partial charge in [0.2, 0.25) is 5.91 Å². The van der Waals surface area contributed by atoms with E-state index in [1.807, 2.05) is 0 Å². The van der Waals surface area contributed by atoms with E-state index in [1.165, 1.54) is 11.8 Å².